The van der Waals surface area contributed by atoms with Crippen LogP contribution in [0.25, 0.3) is 0 Å². The molecular formula is C31H23NS2. The normalized spacial score (nSPS) is 14.8. The van der Waals surface area contributed by atoms with E-state index in [1.54, 1.807) is 0 Å². The SMILES string of the molecule is Cc1ccccc1CN1c2ccccc2C2(c3ccccc3Sc3ccccc32)c2sccc21. The van der Waals surface area contributed by atoms with Gasteiger partial charge in [0.1, 0.15) is 0 Å². The van der Waals surface area contributed by atoms with Gasteiger partial charge in [0.15, 0.2) is 0 Å². The van der Waals surface area contributed by atoms with Gasteiger partial charge in [0.25, 0.3) is 0 Å². The monoisotopic (exact) mass is 473 g/mol. The lowest BCUT2D eigenvalue weighted by atomic mass is 9.65. The Morgan fingerprint density at radius 3 is 2.00 bits per heavy atom. The lowest BCUT2D eigenvalue weighted by Gasteiger charge is -2.47. The highest BCUT2D eigenvalue weighted by Crippen LogP contribution is 2.63. The Labute approximate surface area is 208 Å². The van der Waals surface area contributed by atoms with Crippen LogP contribution < -0.4 is 4.90 Å². The second kappa shape index (κ2) is 7.63. The van der Waals surface area contributed by atoms with Crippen molar-refractivity contribution in [3.63, 3.8) is 0 Å². The maximum absolute atomic E-state index is 2.53. The number of benzene rings is 4. The third kappa shape index (κ3) is 2.68. The van der Waals surface area contributed by atoms with Gasteiger partial charge in [-0.25, -0.2) is 0 Å². The number of para-hydroxylation sites is 1. The average Bonchev–Trinajstić information content (AvgIpc) is 3.37. The summed E-state index contributed by atoms with van der Waals surface area (Å²) in [7, 11) is 0. The molecule has 0 amide bonds. The second-order valence-electron chi connectivity index (χ2n) is 9.01. The number of nitrogens with zero attached hydrogens (tertiary/aromatic N) is 1. The molecule has 0 atom stereocenters. The summed E-state index contributed by atoms with van der Waals surface area (Å²) < 4.78 is 0. The number of rotatable bonds is 2. The molecule has 0 aliphatic carbocycles. The summed E-state index contributed by atoms with van der Waals surface area (Å²) in [5.41, 5.74) is 9.18. The summed E-state index contributed by atoms with van der Waals surface area (Å²) in [6, 6.07) is 38.1. The van der Waals surface area contributed by atoms with Gasteiger partial charge >= 0.3 is 0 Å². The van der Waals surface area contributed by atoms with Gasteiger partial charge in [-0.2, -0.15) is 0 Å². The van der Waals surface area contributed by atoms with E-state index >= 15 is 0 Å². The highest BCUT2D eigenvalue weighted by Gasteiger charge is 2.50. The van der Waals surface area contributed by atoms with E-state index in [4.69, 9.17) is 0 Å². The lowest BCUT2D eigenvalue weighted by Crippen LogP contribution is -2.39. The van der Waals surface area contributed by atoms with Crippen molar-refractivity contribution < 1.29 is 0 Å². The minimum Gasteiger partial charge on any atom is -0.336 e. The van der Waals surface area contributed by atoms with Crippen LogP contribution in [-0.2, 0) is 12.0 Å². The number of thiophene rings is 1. The van der Waals surface area contributed by atoms with E-state index < -0.39 is 0 Å². The Morgan fingerprint density at radius 2 is 1.26 bits per heavy atom. The van der Waals surface area contributed by atoms with Crippen LogP contribution in [0.5, 0.6) is 0 Å². The molecule has 0 unspecified atom stereocenters. The van der Waals surface area contributed by atoms with Gasteiger partial charge in [0.05, 0.1) is 11.1 Å². The zero-order valence-electron chi connectivity index (χ0n) is 18.9. The van der Waals surface area contributed by atoms with E-state index in [0.717, 1.165) is 6.54 Å². The zero-order valence-corrected chi connectivity index (χ0v) is 20.5. The standard InChI is InChI=1S/C31H23NS2/c1-21-10-2-3-11-22(21)20-32-26-15-7-4-12-23(26)31(30-27(32)18-19-33-30)24-13-5-8-16-28(24)34-29-17-9-6-14-25(29)31/h2-19H,20H2,1H3. The molecule has 3 heterocycles. The fourth-order valence-electron chi connectivity index (χ4n) is 5.73. The minimum absolute atomic E-state index is 0.305. The summed E-state index contributed by atoms with van der Waals surface area (Å²) >= 11 is 3.79. The Morgan fingerprint density at radius 1 is 0.647 bits per heavy atom. The molecule has 4 aromatic carbocycles. The first kappa shape index (κ1) is 20.1. The van der Waals surface area contributed by atoms with Crippen LogP contribution in [0.3, 0.4) is 0 Å². The van der Waals surface area contributed by atoms with Crippen LogP contribution in [0.2, 0.25) is 0 Å². The van der Waals surface area contributed by atoms with Gasteiger partial charge in [0.2, 0.25) is 0 Å². The molecule has 5 aromatic rings. The van der Waals surface area contributed by atoms with Crippen molar-refractivity contribution in [1.29, 1.82) is 0 Å². The smallest absolute Gasteiger partial charge is 0.0857 e. The molecule has 2 aliphatic heterocycles. The molecular weight excluding hydrogens is 450 g/mol. The van der Waals surface area contributed by atoms with Gasteiger partial charge < -0.3 is 4.90 Å². The summed E-state index contributed by atoms with van der Waals surface area (Å²) in [6.07, 6.45) is 0. The van der Waals surface area contributed by atoms with Crippen molar-refractivity contribution in [3.8, 4) is 0 Å². The predicted octanol–water partition coefficient (Wildman–Crippen LogP) is 8.56. The molecule has 7 rings (SSSR count). The first-order chi connectivity index (χ1) is 16.8. The average molecular weight is 474 g/mol. The van der Waals surface area contributed by atoms with E-state index in [9.17, 15) is 0 Å². The van der Waals surface area contributed by atoms with Crippen LogP contribution in [0.1, 0.15) is 32.7 Å². The highest BCUT2D eigenvalue weighted by molar-refractivity contribution is 7.99. The molecule has 1 aromatic heterocycles. The Balaban J connectivity index is 1.56. The quantitative estimate of drug-likeness (QED) is 0.248. The van der Waals surface area contributed by atoms with Crippen LogP contribution in [0.15, 0.2) is 118 Å². The molecule has 0 fully saturated rings. The molecule has 0 saturated carbocycles. The van der Waals surface area contributed by atoms with Crippen molar-refractivity contribution in [2.75, 3.05) is 4.90 Å². The highest BCUT2D eigenvalue weighted by atomic mass is 32.2. The molecule has 1 spiro atoms. The van der Waals surface area contributed by atoms with E-state index in [1.165, 1.54) is 53.9 Å². The molecule has 0 radical (unpaired) electrons. The van der Waals surface area contributed by atoms with Crippen molar-refractivity contribution >= 4 is 34.5 Å². The Kier molecular flexibility index (Phi) is 4.52. The lowest BCUT2D eigenvalue weighted by molar-refractivity contribution is 0.696. The Hall–Kier alpha value is -3.27. The molecule has 0 saturated heterocycles. The maximum atomic E-state index is 2.53. The number of aryl methyl sites for hydroxylation is 1. The molecule has 1 nitrogen and oxygen atoms in total. The fourth-order valence-corrected chi connectivity index (χ4v) is 8.06. The zero-order chi connectivity index (χ0) is 22.7. The van der Waals surface area contributed by atoms with Crippen LogP contribution >= 0.6 is 23.1 Å². The second-order valence-corrected chi connectivity index (χ2v) is 11.0. The maximum Gasteiger partial charge on any atom is 0.0857 e. The van der Waals surface area contributed by atoms with Crippen molar-refractivity contribution in [2.24, 2.45) is 0 Å². The van der Waals surface area contributed by atoms with Crippen molar-refractivity contribution in [2.45, 2.75) is 28.7 Å². The molecule has 3 heteroatoms. The van der Waals surface area contributed by atoms with Gasteiger partial charge in [-0.1, -0.05) is 90.6 Å². The van der Waals surface area contributed by atoms with Crippen molar-refractivity contribution in [1.82, 2.24) is 0 Å². The summed E-state index contributed by atoms with van der Waals surface area (Å²) in [5.74, 6) is 0. The molecule has 164 valence electrons. The van der Waals surface area contributed by atoms with E-state index in [2.05, 4.69) is 120 Å². The molecule has 0 N–H and O–H groups in total. The van der Waals surface area contributed by atoms with Crippen LogP contribution in [0.4, 0.5) is 11.4 Å². The van der Waals surface area contributed by atoms with E-state index in [0.29, 0.717) is 0 Å². The van der Waals surface area contributed by atoms with Crippen molar-refractivity contribution in [3.05, 3.63) is 141 Å². The number of fused-ring (bicyclic) bond motifs is 8. The van der Waals surface area contributed by atoms with Crippen LogP contribution in [0, 0.1) is 6.92 Å². The molecule has 0 bridgehead atoms. The minimum atomic E-state index is -0.305. The summed E-state index contributed by atoms with van der Waals surface area (Å²) in [6.45, 7) is 3.08. The topological polar surface area (TPSA) is 3.24 Å². The van der Waals surface area contributed by atoms with E-state index in [1.807, 2.05) is 23.1 Å². The van der Waals surface area contributed by atoms with Gasteiger partial charge in [-0.3, -0.25) is 0 Å². The number of anilines is 2. The Bertz CT molecular complexity index is 1500. The van der Waals surface area contributed by atoms with Crippen LogP contribution in [-0.4, -0.2) is 0 Å². The predicted molar refractivity (Wildman–Crippen MR) is 144 cm³/mol. The summed E-state index contributed by atoms with van der Waals surface area (Å²) in [5, 5.41) is 2.27. The third-order valence-corrected chi connectivity index (χ3v) is 9.44. The summed E-state index contributed by atoms with van der Waals surface area (Å²) in [4.78, 5) is 6.65. The first-order valence-electron chi connectivity index (χ1n) is 11.6. The van der Waals surface area contributed by atoms with Gasteiger partial charge in [0, 0.05) is 26.9 Å². The first-order valence-corrected chi connectivity index (χ1v) is 13.3. The number of hydrogen-bond donors (Lipinski definition) is 0. The van der Waals surface area contributed by atoms with Gasteiger partial charge in [-0.05, 0) is 64.4 Å². The molecule has 2 aliphatic rings. The van der Waals surface area contributed by atoms with Gasteiger partial charge in [-0.15, -0.1) is 11.3 Å². The van der Waals surface area contributed by atoms with E-state index in [-0.39, 0.29) is 5.41 Å². The number of hydrogen-bond acceptors (Lipinski definition) is 3. The third-order valence-electron chi connectivity index (χ3n) is 7.27. The molecule has 34 heavy (non-hydrogen) atoms. The largest absolute Gasteiger partial charge is 0.336 e. The fraction of sp³-hybridized carbons (Fsp3) is 0.0968.